The molecule has 0 spiro atoms. The van der Waals surface area contributed by atoms with Gasteiger partial charge in [-0.3, -0.25) is 4.79 Å². The minimum absolute atomic E-state index is 0.0949. The maximum atomic E-state index is 12.8. The van der Waals surface area contributed by atoms with Crippen molar-refractivity contribution in [1.29, 1.82) is 0 Å². The Hall–Kier alpha value is -1.56. The predicted octanol–water partition coefficient (Wildman–Crippen LogP) is 2.60. The lowest BCUT2D eigenvalue weighted by atomic mass is 10.0. The van der Waals surface area contributed by atoms with Crippen molar-refractivity contribution in [1.82, 2.24) is 5.32 Å². The summed E-state index contributed by atoms with van der Waals surface area (Å²) in [5.41, 5.74) is -1.31. The molecule has 1 atom stereocenters. The van der Waals surface area contributed by atoms with E-state index in [0.29, 0.717) is 6.42 Å². The van der Waals surface area contributed by atoms with Crippen LogP contribution in [0.2, 0.25) is 0 Å². The Bertz CT molecular complexity index is 484. The highest BCUT2D eigenvalue weighted by atomic mass is 19.4. The molecule has 0 aromatic heterocycles. The van der Waals surface area contributed by atoms with E-state index in [1.54, 1.807) is 0 Å². The van der Waals surface area contributed by atoms with Crippen LogP contribution >= 0.6 is 0 Å². The topological polar surface area (TPSA) is 49.3 Å². The van der Waals surface area contributed by atoms with Crippen LogP contribution in [-0.4, -0.2) is 23.7 Å². The zero-order valence-electron chi connectivity index (χ0n) is 10.8. The normalized spacial score (nSPS) is 16.8. The first-order valence-corrected chi connectivity index (χ1v) is 6.51. The molecule has 1 saturated carbocycles. The second-order valence-corrected chi connectivity index (χ2v) is 4.97. The van der Waals surface area contributed by atoms with E-state index in [0.717, 1.165) is 18.9 Å². The van der Waals surface area contributed by atoms with Gasteiger partial charge < -0.3 is 10.4 Å². The van der Waals surface area contributed by atoms with Gasteiger partial charge >= 0.3 is 6.18 Å². The van der Waals surface area contributed by atoms with Gasteiger partial charge in [0.15, 0.2) is 0 Å². The third-order valence-electron chi connectivity index (χ3n) is 3.42. The fraction of sp³-hybridized carbons (Fsp3) is 0.500. The Morgan fingerprint density at radius 3 is 2.55 bits per heavy atom. The number of benzene rings is 1. The van der Waals surface area contributed by atoms with Crippen LogP contribution in [0.5, 0.6) is 0 Å². The van der Waals surface area contributed by atoms with Crippen LogP contribution in [0.3, 0.4) is 0 Å². The van der Waals surface area contributed by atoms with E-state index in [1.807, 2.05) is 0 Å². The van der Waals surface area contributed by atoms with E-state index in [9.17, 15) is 18.0 Å². The lowest BCUT2D eigenvalue weighted by Crippen LogP contribution is -2.38. The first kappa shape index (κ1) is 14.8. The standard InChI is InChI=1S/C14H16F3NO2/c15-14(16,17)11-4-2-1-3-10(11)13(20)18-12(7-8-19)9-5-6-9/h1-4,9,12,19H,5-8H2,(H,18,20). The third kappa shape index (κ3) is 3.50. The second-order valence-electron chi connectivity index (χ2n) is 4.97. The van der Waals surface area contributed by atoms with E-state index >= 15 is 0 Å². The number of carbonyl (C=O) groups is 1. The molecule has 1 aliphatic carbocycles. The number of hydrogen-bond donors (Lipinski definition) is 2. The molecular weight excluding hydrogens is 271 g/mol. The van der Waals surface area contributed by atoms with Crippen LogP contribution in [0.1, 0.15) is 35.2 Å². The van der Waals surface area contributed by atoms with Crippen molar-refractivity contribution in [3.63, 3.8) is 0 Å². The molecule has 3 nitrogen and oxygen atoms in total. The summed E-state index contributed by atoms with van der Waals surface area (Å²) in [4.78, 5) is 12.0. The summed E-state index contributed by atoms with van der Waals surface area (Å²) in [6.45, 7) is -0.0949. The summed E-state index contributed by atoms with van der Waals surface area (Å²) in [5, 5.41) is 11.6. The molecule has 1 amide bonds. The number of nitrogens with one attached hydrogen (secondary N) is 1. The average Bonchev–Trinajstić information content (AvgIpc) is 3.21. The first-order chi connectivity index (χ1) is 9.43. The number of amides is 1. The Morgan fingerprint density at radius 2 is 2.00 bits per heavy atom. The van der Waals surface area contributed by atoms with Gasteiger partial charge in [-0.05, 0) is 37.3 Å². The van der Waals surface area contributed by atoms with Crippen molar-refractivity contribution in [3.8, 4) is 0 Å². The Kier molecular flexibility index (Phi) is 4.32. The number of halogens is 3. The van der Waals surface area contributed by atoms with E-state index in [-0.39, 0.29) is 24.1 Å². The van der Waals surface area contributed by atoms with Crippen molar-refractivity contribution < 1.29 is 23.1 Å². The van der Waals surface area contributed by atoms with Crippen LogP contribution in [-0.2, 0) is 6.18 Å². The fourth-order valence-electron chi connectivity index (χ4n) is 2.24. The molecule has 1 fully saturated rings. The third-order valence-corrected chi connectivity index (χ3v) is 3.42. The summed E-state index contributed by atoms with van der Waals surface area (Å²) in [6.07, 6.45) is -2.32. The van der Waals surface area contributed by atoms with E-state index in [2.05, 4.69) is 5.32 Å². The minimum Gasteiger partial charge on any atom is -0.396 e. The maximum Gasteiger partial charge on any atom is 0.417 e. The molecule has 0 saturated heterocycles. The van der Waals surface area contributed by atoms with Gasteiger partial charge in [-0.1, -0.05) is 12.1 Å². The molecule has 2 N–H and O–H groups in total. The van der Waals surface area contributed by atoms with Crippen molar-refractivity contribution >= 4 is 5.91 Å². The summed E-state index contributed by atoms with van der Waals surface area (Å²) >= 11 is 0. The molecule has 20 heavy (non-hydrogen) atoms. The molecule has 0 radical (unpaired) electrons. The number of aliphatic hydroxyl groups is 1. The smallest absolute Gasteiger partial charge is 0.396 e. The first-order valence-electron chi connectivity index (χ1n) is 6.51. The predicted molar refractivity (Wildman–Crippen MR) is 67.1 cm³/mol. The molecule has 0 bridgehead atoms. The quantitative estimate of drug-likeness (QED) is 0.874. The Labute approximate surface area is 114 Å². The zero-order valence-corrected chi connectivity index (χ0v) is 10.8. The van der Waals surface area contributed by atoms with Crippen molar-refractivity contribution in [2.24, 2.45) is 5.92 Å². The SMILES string of the molecule is O=C(NC(CCO)C1CC1)c1ccccc1C(F)(F)F. The van der Waals surface area contributed by atoms with Gasteiger partial charge in [0.05, 0.1) is 11.1 Å². The maximum absolute atomic E-state index is 12.8. The van der Waals surface area contributed by atoms with Gasteiger partial charge in [0.1, 0.15) is 0 Å². The molecule has 1 aromatic rings. The highest BCUT2D eigenvalue weighted by molar-refractivity contribution is 5.96. The average molecular weight is 287 g/mol. The highest BCUT2D eigenvalue weighted by Crippen LogP contribution is 2.35. The van der Waals surface area contributed by atoms with Gasteiger partial charge in [0.2, 0.25) is 0 Å². The fourth-order valence-corrected chi connectivity index (χ4v) is 2.24. The molecular formula is C14H16F3NO2. The van der Waals surface area contributed by atoms with Crippen molar-refractivity contribution in [3.05, 3.63) is 35.4 Å². The molecule has 0 heterocycles. The molecule has 1 aliphatic rings. The number of rotatable bonds is 5. The van der Waals surface area contributed by atoms with Crippen LogP contribution in [0.25, 0.3) is 0 Å². The molecule has 1 unspecified atom stereocenters. The Balaban J connectivity index is 2.16. The van der Waals surface area contributed by atoms with E-state index in [4.69, 9.17) is 5.11 Å². The second kappa shape index (κ2) is 5.83. The van der Waals surface area contributed by atoms with Crippen LogP contribution in [0, 0.1) is 5.92 Å². The molecule has 2 rings (SSSR count). The number of aliphatic hydroxyl groups excluding tert-OH is 1. The van der Waals surface area contributed by atoms with E-state index < -0.39 is 17.6 Å². The van der Waals surface area contributed by atoms with Crippen LogP contribution in [0.15, 0.2) is 24.3 Å². The molecule has 1 aromatic carbocycles. The summed E-state index contributed by atoms with van der Waals surface area (Å²) < 4.78 is 38.5. The number of carbonyl (C=O) groups excluding carboxylic acids is 1. The minimum atomic E-state index is -4.56. The van der Waals surface area contributed by atoms with E-state index in [1.165, 1.54) is 18.2 Å². The van der Waals surface area contributed by atoms with Gasteiger partial charge in [-0.25, -0.2) is 0 Å². The Morgan fingerprint density at radius 1 is 1.35 bits per heavy atom. The van der Waals surface area contributed by atoms with Crippen molar-refractivity contribution in [2.75, 3.05) is 6.61 Å². The zero-order chi connectivity index (χ0) is 14.8. The molecule has 6 heteroatoms. The molecule has 0 aliphatic heterocycles. The molecule has 110 valence electrons. The monoisotopic (exact) mass is 287 g/mol. The van der Waals surface area contributed by atoms with Crippen molar-refractivity contribution in [2.45, 2.75) is 31.5 Å². The van der Waals surface area contributed by atoms with Gasteiger partial charge in [0.25, 0.3) is 5.91 Å². The van der Waals surface area contributed by atoms with Crippen LogP contribution < -0.4 is 5.32 Å². The highest BCUT2D eigenvalue weighted by Gasteiger charge is 2.36. The largest absolute Gasteiger partial charge is 0.417 e. The number of alkyl halides is 3. The summed E-state index contributed by atoms with van der Waals surface area (Å²) in [5.74, 6) is -0.465. The summed E-state index contributed by atoms with van der Waals surface area (Å²) in [6, 6.07) is 4.47. The van der Waals surface area contributed by atoms with Crippen LogP contribution in [0.4, 0.5) is 13.2 Å². The van der Waals surface area contributed by atoms with Gasteiger partial charge in [-0.2, -0.15) is 13.2 Å². The lowest BCUT2D eigenvalue weighted by Gasteiger charge is -2.19. The number of hydrogen-bond acceptors (Lipinski definition) is 2. The van der Waals surface area contributed by atoms with Gasteiger partial charge in [0, 0.05) is 12.6 Å². The summed E-state index contributed by atoms with van der Waals surface area (Å²) in [7, 11) is 0. The van der Waals surface area contributed by atoms with Gasteiger partial charge in [-0.15, -0.1) is 0 Å². The lowest BCUT2D eigenvalue weighted by molar-refractivity contribution is -0.137.